The van der Waals surface area contributed by atoms with Gasteiger partial charge in [-0.2, -0.15) is 5.26 Å². The van der Waals surface area contributed by atoms with Crippen LogP contribution in [0.15, 0.2) is 61.1 Å². The lowest BCUT2D eigenvalue weighted by Crippen LogP contribution is -2.28. The van der Waals surface area contributed by atoms with Crippen LogP contribution in [0, 0.1) is 18.3 Å². The number of aryl methyl sites for hydroxylation is 1. The highest BCUT2D eigenvalue weighted by molar-refractivity contribution is 5.90. The Bertz CT molecular complexity index is 1410. The number of aromatic amines is 1. The molecule has 0 unspecified atom stereocenters. The molecule has 0 amide bonds. The molecule has 182 valence electrons. The molecule has 2 aromatic heterocycles. The molecule has 1 saturated heterocycles. The van der Waals surface area contributed by atoms with Gasteiger partial charge in [-0.05, 0) is 68.4 Å². The van der Waals surface area contributed by atoms with Crippen LogP contribution in [-0.2, 0) is 6.54 Å². The van der Waals surface area contributed by atoms with E-state index in [9.17, 15) is 5.26 Å². The topological polar surface area (TPSA) is 71.0 Å². The molecule has 0 saturated carbocycles. The van der Waals surface area contributed by atoms with E-state index in [0.29, 0.717) is 5.56 Å². The Labute approximate surface area is 212 Å². The highest BCUT2D eigenvalue weighted by Gasteiger charge is 2.13. The Hall–Kier alpha value is -3.92. The first kappa shape index (κ1) is 23.8. The van der Waals surface area contributed by atoms with Crippen LogP contribution in [0.2, 0.25) is 0 Å². The molecule has 0 aliphatic carbocycles. The Morgan fingerprint density at radius 1 is 1.03 bits per heavy atom. The lowest BCUT2D eigenvalue weighted by Gasteiger charge is -2.20. The predicted octanol–water partition coefficient (Wildman–Crippen LogP) is 5.79. The monoisotopic (exact) mass is 476 g/mol. The second-order valence-electron chi connectivity index (χ2n) is 9.57. The number of anilines is 2. The van der Waals surface area contributed by atoms with E-state index >= 15 is 0 Å². The number of rotatable bonds is 6. The van der Waals surface area contributed by atoms with Gasteiger partial charge in [0, 0.05) is 60.4 Å². The summed E-state index contributed by atoms with van der Waals surface area (Å²) in [6.07, 6.45) is 10.7. The maximum atomic E-state index is 9.75. The summed E-state index contributed by atoms with van der Waals surface area (Å²) in [5.74, 6) is 0. The Kier molecular flexibility index (Phi) is 7.13. The van der Waals surface area contributed by atoms with Crippen molar-refractivity contribution in [1.29, 1.82) is 5.26 Å². The van der Waals surface area contributed by atoms with E-state index < -0.39 is 0 Å². The lowest BCUT2D eigenvalue weighted by atomic mass is 10.1. The number of nitriles is 1. The summed E-state index contributed by atoms with van der Waals surface area (Å²) in [6, 6.07) is 17.2. The van der Waals surface area contributed by atoms with E-state index in [-0.39, 0.29) is 0 Å². The number of fused-ring (bicyclic) bond motifs is 1. The number of pyridine rings is 1. The van der Waals surface area contributed by atoms with E-state index in [0.717, 1.165) is 65.1 Å². The number of aromatic nitrogens is 2. The van der Waals surface area contributed by atoms with Gasteiger partial charge in [-0.15, -0.1) is 0 Å². The van der Waals surface area contributed by atoms with Crippen molar-refractivity contribution in [2.75, 3.05) is 38.5 Å². The van der Waals surface area contributed by atoms with Crippen LogP contribution in [-0.4, -0.2) is 53.0 Å². The van der Waals surface area contributed by atoms with Gasteiger partial charge in [-0.3, -0.25) is 9.88 Å². The van der Waals surface area contributed by atoms with Crippen LogP contribution >= 0.6 is 0 Å². The molecule has 36 heavy (non-hydrogen) atoms. The summed E-state index contributed by atoms with van der Waals surface area (Å²) < 4.78 is 0. The van der Waals surface area contributed by atoms with Gasteiger partial charge in [0.25, 0.3) is 0 Å². The first-order chi connectivity index (χ1) is 17.6. The molecular weight excluding hydrogens is 444 g/mol. The van der Waals surface area contributed by atoms with Crippen LogP contribution in [0.3, 0.4) is 0 Å². The first-order valence-corrected chi connectivity index (χ1v) is 12.5. The fraction of sp³-hybridized carbons (Fsp3) is 0.267. The van der Waals surface area contributed by atoms with Gasteiger partial charge >= 0.3 is 0 Å². The van der Waals surface area contributed by atoms with E-state index in [2.05, 4.69) is 87.6 Å². The molecule has 6 nitrogen and oxygen atoms in total. The minimum Gasteiger partial charge on any atom is -0.361 e. The molecular formula is C30H32N6. The molecule has 1 aliphatic rings. The van der Waals surface area contributed by atoms with Crippen molar-refractivity contribution in [3.63, 3.8) is 0 Å². The molecule has 0 bridgehead atoms. The molecule has 5 rings (SSSR count). The number of hydrogen-bond acceptors (Lipinski definition) is 5. The highest BCUT2D eigenvalue weighted by Crippen LogP contribution is 2.31. The van der Waals surface area contributed by atoms with Crippen molar-refractivity contribution in [2.24, 2.45) is 0 Å². The average Bonchev–Trinajstić information content (AvgIpc) is 3.29. The van der Waals surface area contributed by atoms with Crippen molar-refractivity contribution in [1.82, 2.24) is 19.8 Å². The van der Waals surface area contributed by atoms with Gasteiger partial charge in [0.15, 0.2) is 0 Å². The molecule has 2 aromatic carbocycles. The van der Waals surface area contributed by atoms with Gasteiger partial charge < -0.3 is 15.2 Å². The molecule has 0 spiro atoms. The number of nitrogens with zero attached hydrogens (tertiary/aromatic N) is 4. The van der Waals surface area contributed by atoms with Crippen LogP contribution in [0.25, 0.3) is 23.1 Å². The molecule has 6 heteroatoms. The number of likely N-dealkylation sites (N-methyl/N-ethyl adjacent to an activating group) is 1. The van der Waals surface area contributed by atoms with Gasteiger partial charge in [0.1, 0.15) is 6.07 Å². The van der Waals surface area contributed by atoms with E-state index in [1.807, 2.05) is 18.3 Å². The predicted molar refractivity (Wildman–Crippen MR) is 148 cm³/mol. The zero-order valence-corrected chi connectivity index (χ0v) is 21.0. The van der Waals surface area contributed by atoms with Crippen molar-refractivity contribution in [2.45, 2.75) is 19.9 Å². The third-order valence-electron chi connectivity index (χ3n) is 7.01. The lowest BCUT2D eigenvalue weighted by molar-refractivity contribution is 0.269. The second kappa shape index (κ2) is 10.8. The number of H-pyrrole nitrogens is 1. The fourth-order valence-corrected chi connectivity index (χ4v) is 4.82. The van der Waals surface area contributed by atoms with Crippen LogP contribution in [0.5, 0.6) is 0 Å². The Morgan fingerprint density at radius 3 is 2.72 bits per heavy atom. The quantitative estimate of drug-likeness (QED) is 0.368. The number of nitrogens with one attached hydrogen (secondary N) is 2. The SMILES string of the molecule is Cc1c(Nc2c(C#N)cncc2C=Cc2ccc(CN3CCCN(C)CC3)cc2)ccc2[nH]ccc12. The standard InChI is InChI=1S/C30H32N6/c1-22-27-12-13-33-29(27)11-10-28(22)34-30-25(19-32-20-26(30)18-31)9-8-23-4-6-24(7-5-23)21-36-15-3-14-35(2)16-17-36/h4-13,19-20,33H,3,14-17,21H2,1-2H3,(H,32,34). The summed E-state index contributed by atoms with van der Waals surface area (Å²) in [5.41, 5.74) is 7.82. The summed E-state index contributed by atoms with van der Waals surface area (Å²) in [6.45, 7) is 7.66. The summed E-state index contributed by atoms with van der Waals surface area (Å²) in [7, 11) is 2.20. The van der Waals surface area contributed by atoms with E-state index in [1.54, 1.807) is 12.4 Å². The molecule has 1 fully saturated rings. The van der Waals surface area contributed by atoms with Crippen molar-refractivity contribution >= 4 is 34.4 Å². The van der Waals surface area contributed by atoms with Gasteiger partial charge in [0.05, 0.1) is 11.3 Å². The average molecular weight is 477 g/mol. The van der Waals surface area contributed by atoms with E-state index in [1.165, 1.54) is 18.5 Å². The van der Waals surface area contributed by atoms with Crippen LogP contribution in [0.4, 0.5) is 11.4 Å². The molecule has 2 N–H and O–H groups in total. The van der Waals surface area contributed by atoms with Crippen LogP contribution in [0.1, 0.15) is 34.2 Å². The second-order valence-corrected chi connectivity index (χ2v) is 9.57. The number of hydrogen-bond donors (Lipinski definition) is 2. The van der Waals surface area contributed by atoms with Crippen molar-refractivity contribution in [3.05, 3.63) is 88.9 Å². The minimum atomic E-state index is 0.518. The van der Waals surface area contributed by atoms with Gasteiger partial charge in [-0.25, -0.2) is 0 Å². The summed E-state index contributed by atoms with van der Waals surface area (Å²) >= 11 is 0. The third kappa shape index (κ3) is 5.33. The largest absolute Gasteiger partial charge is 0.361 e. The first-order valence-electron chi connectivity index (χ1n) is 12.5. The van der Waals surface area contributed by atoms with Gasteiger partial charge in [-0.1, -0.05) is 36.4 Å². The normalized spacial score (nSPS) is 15.2. The molecule has 0 radical (unpaired) electrons. The van der Waals surface area contributed by atoms with E-state index in [4.69, 9.17) is 0 Å². The summed E-state index contributed by atoms with van der Waals surface area (Å²) in [4.78, 5) is 12.5. The zero-order valence-electron chi connectivity index (χ0n) is 21.0. The smallest absolute Gasteiger partial charge is 0.103 e. The Morgan fingerprint density at radius 2 is 1.89 bits per heavy atom. The van der Waals surface area contributed by atoms with Crippen LogP contribution < -0.4 is 5.32 Å². The summed E-state index contributed by atoms with van der Waals surface area (Å²) in [5, 5.41) is 14.4. The molecule has 1 aliphatic heterocycles. The Balaban J connectivity index is 1.34. The molecule has 3 heterocycles. The molecule has 4 aromatic rings. The van der Waals surface area contributed by atoms with Crippen molar-refractivity contribution < 1.29 is 0 Å². The zero-order chi connectivity index (χ0) is 24.9. The molecule has 0 atom stereocenters. The maximum Gasteiger partial charge on any atom is 0.103 e. The minimum absolute atomic E-state index is 0.518. The highest BCUT2D eigenvalue weighted by atomic mass is 15.2. The van der Waals surface area contributed by atoms with Gasteiger partial charge in [0.2, 0.25) is 0 Å². The fourth-order valence-electron chi connectivity index (χ4n) is 4.82. The third-order valence-corrected chi connectivity index (χ3v) is 7.01. The van der Waals surface area contributed by atoms with Crippen molar-refractivity contribution in [3.8, 4) is 6.07 Å². The number of benzene rings is 2. The maximum absolute atomic E-state index is 9.75.